The number of rotatable bonds is 2. The van der Waals surface area contributed by atoms with Gasteiger partial charge in [-0.3, -0.25) is 0 Å². The first-order valence-corrected chi connectivity index (χ1v) is 10.9. The molecule has 9 atom stereocenters. The molecule has 0 heterocycles. The van der Waals surface area contributed by atoms with Crippen molar-refractivity contribution < 1.29 is 13.2 Å². The van der Waals surface area contributed by atoms with Crippen LogP contribution in [0.25, 0.3) is 0 Å². The van der Waals surface area contributed by atoms with Gasteiger partial charge in [-0.15, -0.1) is 6.58 Å². The molecule has 26 heavy (non-hydrogen) atoms. The van der Waals surface area contributed by atoms with E-state index in [9.17, 15) is 13.2 Å². The maximum absolute atomic E-state index is 13.2. The van der Waals surface area contributed by atoms with Crippen molar-refractivity contribution in [3.8, 4) is 0 Å². The first-order valence-electron chi connectivity index (χ1n) is 10.9. The minimum atomic E-state index is -3.98. The maximum Gasteiger partial charge on any atom is 0.391 e. The van der Waals surface area contributed by atoms with Crippen LogP contribution in [-0.2, 0) is 0 Å². The van der Waals surface area contributed by atoms with Crippen LogP contribution in [0.4, 0.5) is 13.2 Å². The molecule has 0 aromatic rings. The van der Waals surface area contributed by atoms with Gasteiger partial charge in [-0.25, -0.2) is 0 Å². The first-order chi connectivity index (χ1) is 12.3. The molecule has 0 nitrogen and oxygen atoms in total. The molecule has 4 aliphatic rings. The van der Waals surface area contributed by atoms with Gasteiger partial charge in [-0.05, 0) is 105 Å². The van der Waals surface area contributed by atoms with E-state index in [1.165, 1.54) is 25.7 Å². The Labute approximate surface area is 157 Å². The Balaban J connectivity index is 1.52. The van der Waals surface area contributed by atoms with E-state index in [-0.39, 0.29) is 0 Å². The molecule has 0 bridgehead atoms. The highest BCUT2D eigenvalue weighted by Crippen LogP contribution is 2.66. The molecule has 4 saturated carbocycles. The van der Waals surface area contributed by atoms with Gasteiger partial charge in [0.25, 0.3) is 0 Å². The van der Waals surface area contributed by atoms with E-state index in [0.29, 0.717) is 36.0 Å². The number of allylic oxidation sites excluding steroid dienone is 1. The van der Waals surface area contributed by atoms with Gasteiger partial charge in [0.1, 0.15) is 0 Å². The third-order valence-corrected chi connectivity index (χ3v) is 9.37. The molecule has 4 unspecified atom stereocenters. The smallest absolute Gasteiger partial charge is 0.171 e. The fourth-order valence-corrected chi connectivity index (χ4v) is 8.41. The van der Waals surface area contributed by atoms with Gasteiger partial charge in [-0.1, -0.05) is 19.9 Å². The zero-order valence-corrected chi connectivity index (χ0v) is 16.4. The number of hydrogen-bond donors (Lipinski definition) is 0. The summed E-state index contributed by atoms with van der Waals surface area (Å²) in [5, 5.41) is 0. The molecule has 0 aromatic carbocycles. The Morgan fingerprint density at radius 1 is 1.00 bits per heavy atom. The van der Waals surface area contributed by atoms with Crippen LogP contribution in [0.5, 0.6) is 0 Å². The van der Waals surface area contributed by atoms with Crippen molar-refractivity contribution in [3.05, 3.63) is 12.7 Å². The van der Waals surface area contributed by atoms with Gasteiger partial charge in [-0.2, -0.15) is 13.2 Å². The van der Waals surface area contributed by atoms with E-state index in [1.54, 1.807) is 0 Å². The highest BCUT2D eigenvalue weighted by atomic mass is 19.4. The number of alkyl halides is 3. The fraction of sp³-hybridized carbons (Fsp3) is 0.913. The van der Waals surface area contributed by atoms with Gasteiger partial charge in [0, 0.05) is 0 Å². The average Bonchev–Trinajstić information content (AvgIpc) is 2.84. The van der Waals surface area contributed by atoms with E-state index in [0.717, 1.165) is 42.9 Å². The van der Waals surface area contributed by atoms with Crippen molar-refractivity contribution in [3.63, 3.8) is 0 Å². The second-order valence-corrected chi connectivity index (χ2v) is 10.4. The van der Waals surface area contributed by atoms with E-state index < -0.39 is 12.1 Å². The Bertz CT molecular complexity index is 538. The van der Waals surface area contributed by atoms with Crippen molar-refractivity contribution in [1.82, 2.24) is 0 Å². The van der Waals surface area contributed by atoms with Gasteiger partial charge in [0.2, 0.25) is 0 Å². The maximum atomic E-state index is 13.2. The second-order valence-electron chi connectivity index (χ2n) is 10.4. The van der Waals surface area contributed by atoms with Crippen molar-refractivity contribution in [2.75, 3.05) is 0 Å². The van der Waals surface area contributed by atoms with E-state index in [4.69, 9.17) is 0 Å². The Hall–Kier alpha value is -0.470. The van der Waals surface area contributed by atoms with E-state index in [2.05, 4.69) is 26.5 Å². The minimum Gasteiger partial charge on any atom is -0.171 e. The summed E-state index contributed by atoms with van der Waals surface area (Å²) in [7, 11) is 0. The van der Waals surface area contributed by atoms with Crippen molar-refractivity contribution >= 4 is 0 Å². The lowest BCUT2D eigenvalue weighted by atomic mass is 9.48. The summed E-state index contributed by atoms with van der Waals surface area (Å²) >= 11 is 0. The largest absolute Gasteiger partial charge is 0.391 e. The van der Waals surface area contributed by atoms with Crippen LogP contribution in [0.3, 0.4) is 0 Å². The standard InChI is InChI=1S/C23H35F3/c1-4-5-16-12-14(2)21-20-8-6-15-13-17(23(24,25)26)7-9-18(15)19(20)10-11-22(16,21)3/h4,14-21H,1,5-13H2,2-3H3/t14-,15-,16?,17+,18+,19?,20-,21?,22?/m1/s1. The monoisotopic (exact) mass is 368 g/mol. The molecule has 0 saturated heterocycles. The van der Waals surface area contributed by atoms with Crippen LogP contribution < -0.4 is 0 Å². The molecule has 4 aliphatic carbocycles. The minimum absolute atomic E-state index is 0.335. The van der Waals surface area contributed by atoms with Crippen LogP contribution in [0.1, 0.15) is 71.6 Å². The SMILES string of the molecule is C=CCC1C[C@@H](C)C2[C@@H]3CC[C@@H]4C[C@@H](C(F)(F)F)CC[C@@H]4C3CCC12C. The van der Waals surface area contributed by atoms with Gasteiger partial charge in [0.05, 0.1) is 5.92 Å². The lowest BCUT2D eigenvalue weighted by molar-refractivity contribution is -0.196. The molecule has 3 heteroatoms. The number of hydrogen-bond acceptors (Lipinski definition) is 0. The zero-order valence-electron chi connectivity index (χ0n) is 16.4. The third kappa shape index (κ3) is 2.87. The van der Waals surface area contributed by atoms with Crippen molar-refractivity contribution in [2.45, 2.75) is 77.8 Å². The van der Waals surface area contributed by atoms with Crippen LogP contribution in [0.15, 0.2) is 12.7 Å². The summed E-state index contributed by atoms with van der Waals surface area (Å²) in [6.45, 7) is 8.96. The normalized spacial score (nSPS) is 51.3. The highest BCUT2D eigenvalue weighted by Gasteiger charge is 2.59. The Kier molecular flexibility index (Phi) is 4.76. The van der Waals surface area contributed by atoms with Crippen LogP contribution >= 0.6 is 0 Å². The average molecular weight is 369 g/mol. The molecule has 0 aliphatic heterocycles. The summed E-state index contributed by atoms with van der Waals surface area (Å²) in [6, 6.07) is 0. The van der Waals surface area contributed by atoms with Crippen molar-refractivity contribution in [1.29, 1.82) is 0 Å². The summed E-state index contributed by atoms with van der Waals surface area (Å²) in [5.74, 6) is 3.65. The topological polar surface area (TPSA) is 0 Å². The first kappa shape index (κ1) is 18.9. The molecule has 4 rings (SSSR count). The summed E-state index contributed by atoms with van der Waals surface area (Å²) in [4.78, 5) is 0. The summed E-state index contributed by atoms with van der Waals surface area (Å²) < 4.78 is 39.7. The third-order valence-electron chi connectivity index (χ3n) is 9.37. The van der Waals surface area contributed by atoms with Crippen molar-refractivity contribution in [2.24, 2.45) is 52.8 Å². The van der Waals surface area contributed by atoms with Gasteiger partial charge in [0.15, 0.2) is 0 Å². The lowest BCUT2D eigenvalue weighted by Crippen LogP contribution is -2.50. The molecule has 0 N–H and O–H groups in total. The molecule has 0 amide bonds. The molecule has 0 radical (unpaired) electrons. The molecule has 0 spiro atoms. The predicted molar refractivity (Wildman–Crippen MR) is 99.5 cm³/mol. The molecule has 148 valence electrons. The number of fused-ring (bicyclic) bond motifs is 5. The molecular weight excluding hydrogens is 333 g/mol. The molecular formula is C23H35F3. The van der Waals surface area contributed by atoms with Gasteiger partial charge >= 0.3 is 6.18 Å². The second kappa shape index (κ2) is 6.55. The van der Waals surface area contributed by atoms with Crippen LogP contribution in [0, 0.1) is 52.8 Å². The summed E-state index contributed by atoms with van der Waals surface area (Å²) in [6.07, 6.45) is 6.96. The fourth-order valence-electron chi connectivity index (χ4n) is 8.41. The van der Waals surface area contributed by atoms with Gasteiger partial charge < -0.3 is 0 Å². The quantitative estimate of drug-likeness (QED) is 0.450. The van der Waals surface area contributed by atoms with Crippen LogP contribution in [-0.4, -0.2) is 6.18 Å². The predicted octanol–water partition coefficient (Wildman–Crippen LogP) is 7.26. The molecule has 4 fully saturated rings. The van der Waals surface area contributed by atoms with E-state index in [1.807, 2.05) is 0 Å². The highest BCUT2D eigenvalue weighted by molar-refractivity contribution is 5.08. The lowest BCUT2D eigenvalue weighted by Gasteiger charge is -2.57. The molecule has 0 aromatic heterocycles. The Morgan fingerprint density at radius 3 is 2.42 bits per heavy atom. The van der Waals surface area contributed by atoms with E-state index >= 15 is 0 Å². The number of halogens is 3. The zero-order chi connectivity index (χ0) is 18.7. The Morgan fingerprint density at radius 2 is 1.73 bits per heavy atom. The summed E-state index contributed by atoms with van der Waals surface area (Å²) in [5.41, 5.74) is 0.435. The van der Waals surface area contributed by atoms with Crippen LogP contribution in [0.2, 0.25) is 0 Å².